The number of nitrogens with zero attached hydrogens (tertiary/aromatic N) is 1. The second-order valence-corrected chi connectivity index (χ2v) is 23.8. The molecular formula is C60H106N2O6. The molecule has 0 bridgehead atoms. The highest BCUT2D eigenvalue weighted by atomic mass is 16.6. The van der Waals surface area contributed by atoms with Crippen LogP contribution >= 0.6 is 0 Å². The third-order valence-corrected chi connectivity index (χ3v) is 18.4. The Bertz CT molecular complexity index is 1490. The van der Waals surface area contributed by atoms with Crippen molar-refractivity contribution in [1.82, 2.24) is 4.90 Å². The van der Waals surface area contributed by atoms with Gasteiger partial charge in [-0.25, -0.2) is 0 Å². The van der Waals surface area contributed by atoms with Crippen LogP contribution in [0.3, 0.4) is 0 Å². The molecule has 7 unspecified atom stereocenters. The summed E-state index contributed by atoms with van der Waals surface area (Å²) in [4.78, 5) is 28.2. The van der Waals surface area contributed by atoms with Crippen molar-refractivity contribution in [2.45, 2.75) is 258 Å². The highest BCUT2D eigenvalue weighted by Crippen LogP contribution is 2.68. The van der Waals surface area contributed by atoms with Crippen LogP contribution in [0.2, 0.25) is 0 Å². The number of piperidine rings is 1. The van der Waals surface area contributed by atoms with Gasteiger partial charge in [-0.05, 0) is 150 Å². The highest BCUT2D eigenvalue weighted by molar-refractivity contribution is 5.72. The molecule has 4 fully saturated rings. The van der Waals surface area contributed by atoms with Crippen LogP contribution in [0.5, 0.6) is 0 Å². The smallest absolute Gasteiger partial charge is 0.306 e. The zero-order valence-electron chi connectivity index (χ0n) is 45.1. The molecule has 5 aliphatic rings. The van der Waals surface area contributed by atoms with Gasteiger partial charge < -0.3 is 29.6 Å². The number of allylic oxidation sites excluding steroid dienone is 3. The first-order valence-electron chi connectivity index (χ1n) is 29.3. The van der Waals surface area contributed by atoms with Gasteiger partial charge in [0.25, 0.3) is 0 Å². The number of unbranched alkanes of at least 4 members (excludes halogenated alkanes) is 12. The standard InChI is InChI=1S/C60H106N2O6/c1-7-8-9-10-11-12-13-14-15-16-17-18-19-20-21-25-42-65-47-52(46-62-40-23-22-24-41-62)66-43-44-67-56(63)30-27-31-57(64)68-51-34-37-58(5)50(45-51)32-33-55-54(58)35-38-59(6)53(36-39-60(55,59)61)49(4)29-26-28-48(2)3/h14-15,32,48-49,51-55H,7-13,16-31,33-47,61H2,1-6H3/b15-14-/t49-,51?,52?,53?,54+,55?,58?,59?,60?/m0/s1. The Hall–Kier alpha value is -1.74. The van der Waals surface area contributed by atoms with Crippen LogP contribution in [-0.2, 0) is 28.5 Å². The van der Waals surface area contributed by atoms with Crippen molar-refractivity contribution >= 4 is 11.9 Å². The summed E-state index contributed by atoms with van der Waals surface area (Å²) in [6.45, 7) is 19.5. The number of rotatable bonds is 34. The van der Waals surface area contributed by atoms with E-state index in [1.165, 1.54) is 147 Å². The Labute approximate surface area is 418 Å². The SMILES string of the molecule is CCCCCCCC/C=C\CCCCCCCCOCC(CN1CCCCC1)OCCOC(=O)CCCC(=O)OC1CCC2(C)C(=CCC3[C@H]2CCC2(C)C([C@@H](C)CCCC(C)C)CCC32N)C1. The molecule has 8 nitrogen and oxygen atoms in total. The van der Waals surface area contributed by atoms with Gasteiger partial charge in [0.1, 0.15) is 12.7 Å². The maximum atomic E-state index is 13.1. The van der Waals surface area contributed by atoms with Gasteiger partial charge >= 0.3 is 11.9 Å². The van der Waals surface area contributed by atoms with Crippen molar-refractivity contribution in [2.24, 2.45) is 46.2 Å². The molecule has 1 heterocycles. The Morgan fingerprint density at radius 2 is 1.44 bits per heavy atom. The molecular weight excluding hydrogens is 845 g/mol. The van der Waals surface area contributed by atoms with Crippen molar-refractivity contribution in [1.29, 1.82) is 0 Å². The van der Waals surface area contributed by atoms with Crippen LogP contribution in [-0.4, -0.2) is 80.6 Å². The quantitative estimate of drug-likeness (QED) is 0.0387. The number of fused-ring (bicyclic) bond motifs is 5. The molecule has 9 atom stereocenters. The molecule has 8 heteroatoms. The Morgan fingerprint density at radius 1 is 0.750 bits per heavy atom. The van der Waals surface area contributed by atoms with E-state index in [9.17, 15) is 9.59 Å². The lowest BCUT2D eigenvalue weighted by Crippen LogP contribution is -2.65. The Morgan fingerprint density at radius 3 is 2.16 bits per heavy atom. The fraction of sp³-hybridized carbons (Fsp3) is 0.900. The normalized spacial score (nSPS) is 29.3. The van der Waals surface area contributed by atoms with Crippen LogP contribution in [0, 0.1) is 40.4 Å². The van der Waals surface area contributed by atoms with E-state index in [0.29, 0.717) is 31.5 Å². The van der Waals surface area contributed by atoms with E-state index in [1.807, 2.05) is 0 Å². The molecule has 0 spiro atoms. The minimum atomic E-state index is -0.282. The summed E-state index contributed by atoms with van der Waals surface area (Å²) in [6.07, 6.45) is 42.9. The molecule has 1 aliphatic heterocycles. The predicted molar refractivity (Wildman–Crippen MR) is 281 cm³/mol. The van der Waals surface area contributed by atoms with Gasteiger partial charge in [-0.3, -0.25) is 9.59 Å². The third kappa shape index (κ3) is 17.5. The number of carbonyl (C=O) groups excluding carboxylic acids is 2. The van der Waals surface area contributed by atoms with Crippen molar-refractivity contribution in [3.05, 3.63) is 23.8 Å². The molecule has 68 heavy (non-hydrogen) atoms. The maximum absolute atomic E-state index is 13.1. The topological polar surface area (TPSA) is 100 Å². The van der Waals surface area contributed by atoms with Crippen molar-refractivity contribution in [3.63, 3.8) is 0 Å². The monoisotopic (exact) mass is 951 g/mol. The fourth-order valence-electron chi connectivity index (χ4n) is 14.1. The third-order valence-electron chi connectivity index (χ3n) is 18.4. The summed E-state index contributed by atoms with van der Waals surface area (Å²) in [5.41, 5.74) is 9.45. The molecule has 0 aromatic carbocycles. The largest absolute Gasteiger partial charge is 0.463 e. The Balaban J connectivity index is 0.918. The lowest BCUT2D eigenvalue weighted by Gasteiger charge is -2.62. The first kappa shape index (κ1) is 57.2. The molecule has 4 aliphatic carbocycles. The van der Waals surface area contributed by atoms with E-state index in [1.54, 1.807) is 0 Å². The average molecular weight is 952 g/mol. The van der Waals surface area contributed by atoms with Crippen molar-refractivity contribution in [3.8, 4) is 0 Å². The van der Waals surface area contributed by atoms with E-state index >= 15 is 0 Å². The van der Waals surface area contributed by atoms with Crippen LogP contribution in [0.1, 0.15) is 241 Å². The summed E-state index contributed by atoms with van der Waals surface area (Å²) in [7, 11) is 0. The van der Waals surface area contributed by atoms with Gasteiger partial charge in [-0.2, -0.15) is 0 Å². The van der Waals surface area contributed by atoms with Crippen molar-refractivity contribution in [2.75, 3.05) is 46.1 Å². The lowest BCUT2D eigenvalue weighted by molar-refractivity contribution is -0.152. The van der Waals surface area contributed by atoms with Gasteiger partial charge in [0.2, 0.25) is 0 Å². The second kappa shape index (κ2) is 30.3. The number of nitrogens with two attached hydrogens (primary N) is 1. The summed E-state index contributed by atoms with van der Waals surface area (Å²) < 4.78 is 24.0. The molecule has 3 saturated carbocycles. The fourth-order valence-corrected chi connectivity index (χ4v) is 14.1. The van der Waals surface area contributed by atoms with Crippen LogP contribution in [0.25, 0.3) is 0 Å². The Kier molecular flexibility index (Phi) is 25.5. The summed E-state index contributed by atoms with van der Waals surface area (Å²) in [6, 6.07) is 0. The molecule has 1 saturated heterocycles. The van der Waals surface area contributed by atoms with Gasteiger partial charge in [-0.1, -0.05) is 149 Å². The molecule has 0 aromatic rings. The molecule has 5 rings (SSSR count). The predicted octanol–water partition coefficient (Wildman–Crippen LogP) is 14.7. The number of likely N-dealkylation sites (tertiary alicyclic amines) is 1. The molecule has 0 aromatic heterocycles. The van der Waals surface area contributed by atoms with E-state index in [-0.39, 0.29) is 60.0 Å². The van der Waals surface area contributed by atoms with Crippen LogP contribution in [0.15, 0.2) is 23.8 Å². The van der Waals surface area contributed by atoms with E-state index in [2.05, 4.69) is 64.7 Å². The van der Waals surface area contributed by atoms with E-state index < -0.39 is 0 Å². The molecule has 392 valence electrons. The average Bonchev–Trinajstić information content (AvgIpc) is 3.60. The first-order chi connectivity index (χ1) is 32.9. The second-order valence-electron chi connectivity index (χ2n) is 23.8. The zero-order chi connectivity index (χ0) is 48.7. The highest BCUT2D eigenvalue weighted by Gasteiger charge is 2.65. The minimum Gasteiger partial charge on any atom is -0.463 e. The summed E-state index contributed by atoms with van der Waals surface area (Å²) >= 11 is 0. The van der Waals surface area contributed by atoms with Crippen LogP contribution in [0.4, 0.5) is 0 Å². The number of carbonyl (C=O) groups is 2. The van der Waals surface area contributed by atoms with Crippen LogP contribution < -0.4 is 5.73 Å². The van der Waals surface area contributed by atoms with E-state index in [0.717, 1.165) is 82.5 Å². The van der Waals surface area contributed by atoms with Gasteiger partial charge in [0.15, 0.2) is 0 Å². The van der Waals surface area contributed by atoms with Crippen molar-refractivity contribution < 1.29 is 28.5 Å². The summed E-state index contributed by atoms with van der Waals surface area (Å²) in [5.74, 6) is 2.90. The lowest BCUT2D eigenvalue weighted by atomic mass is 9.44. The number of hydrogen-bond donors (Lipinski definition) is 1. The first-order valence-corrected chi connectivity index (χ1v) is 29.3. The van der Waals surface area contributed by atoms with Gasteiger partial charge in [-0.15, -0.1) is 0 Å². The maximum Gasteiger partial charge on any atom is 0.306 e. The molecule has 0 amide bonds. The molecule has 2 N–H and O–H groups in total. The summed E-state index contributed by atoms with van der Waals surface area (Å²) in [5, 5.41) is 0. The van der Waals surface area contributed by atoms with Gasteiger partial charge in [0.05, 0.1) is 19.3 Å². The van der Waals surface area contributed by atoms with E-state index in [4.69, 9.17) is 24.7 Å². The minimum absolute atomic E-state index is 0.0342. The van der Waals surface area contributed by atoms with Gasteiger partial charge in [0, 0.05) is 38.0 Å². The number of esters is 2. The molecule has 0 radical (unpaired) electrons. The number of hydrogen-bond acceptors (Lipinski definition) is 8. The zero-order valence-corrected chi connectivity index (χ0v) is 45.1. The number of ether oxygens (including phenoxy) is 4.